The van der Waals surface area contributed by atoms with E-state index in [1.165, 1.54) is 16.7 Å². The number of carbonyl (C=O) groups excluding carboxylic acids is 1. The number of halogens is 2. The predicted molar refractivity (Wildman–Crippen MR) is 143 cm³/mol. The van der Waals surface area contributed by atoms with Gasteiger partial charge in [0.2, 0.25) is 0 Å². The second-order valence-electron chi connectivity index (χ2n) is 8.72. The van der Waals surface area contributed by atoms with Crippen molar-refractivity contribution in [3.05, 3.63) is 100.0 Å². The van der Waals surface area contributed by atoms with Gasteiger partial charge in [0, 0.05) is 47.9 Å². The minimum atomic E-state index is -0.878. The molecule has 0 unspecified atom stereocenters. The first-order valence-electron chi connectivity index (χ1n) is 11.9. The van der Waals surface area contributed by atoms with Crippen LogP contribution in [-0.4, -0.2) is 17.2 Å². The largest absolute Gasteiger partial charge is 0.493 e. The quantitative estimate of drug-likeness (QED) is 0.282. The highest BCUT2D eigenvalue weighted by molar-refractivity contribution is 6.00. The van der Waals surface area contributed by atoms with Crippen LogP contribution in [0.2, 0.25) is 0 Å². The van der Waals surface area contributed by atoms with E-state index in [-0.39, 0.29) is 22.8 Å². The van der Waals surface area contributed by atoms with Crippen molar-refractivity contribution in [2.75, 3.05) is 17.2 Å². The molecule has 0 aliphatic carbocycles. The third-order valence-corrected chi connectivity index (χ3v) is 5.76. The summed E-state index contributed by atoms with van der Waals surface area (Å²) in [5.74, 6) is -1.31. The Balaban J connectivity index is 1.74. The third-order valence-electron chi connectivity index (χ3n) is 5.76. The van der Waals surface area contributed by atoms with Gasteiger partial charge in [-0.2, -0.15) is 0 Å². The standard InChI is InChI=1S/C29H27F2N3O4/c1-5-37-27-15-28(35)34(4)16-22(27)21-14-20(32-29(36)33-24-9-6-17(2)12-18(24)3)8-11-25(21)38-26-10-7-19(30)13-23(26)31/h6-16H,5H2,1-4H3,(H2,32,33,36). The Hall–Kier alpha value is -4.66. The molecule has 196 valence electrons. The average Bonchev–Trinajstić information content (AvgIpc) is 2.86. The number of rotatable bonds is 7. The molecule has 0 saturated carbocycles. The predicted octanol–water partition coefficient (Wildman–Crippen LogP) is 6.78. The van der Waals surface area contributed by atoms with Gasteiger partial charge in [-0.15, -0.1) is 0 Å². The second-order valence-corrected chi connectivity index (χ2v) is 8.72. The zero-order valence-electron chi connectivity index (χ0n) is 21.4. The first-order chi connectivity index (χ1) is 18.1. The monoisotopic (exact) mass is 519 g/mol. The number of hydrogen-bond acceptors (Lipinski definition) is 4. The van der Waals surface area contributed by atoms with Crippen LogP contribution in [0.1, 0.15) is 18.1 Å². The molecular weight excluding hydrogens is 492 g/mol. The fourth-order valence-corrected chi connectivity index (χ4v) is 3.91. The third kappa shape index (κ3) is 6.00. The lowest BCUT2D eigenvalue weighted by atomic mass is 10.0. The molecule has 4 rings (SSSR count). The molecule has 0 atom stereocenters. The molecule has 9 heteroatoms. The normalized spacial score (nSPS) is 10.7. The van der Waals surface area contributed by atoms with E-state index in [1.807, 2.05) is 32.0 Å². The minimum absolute atomic E-state index is 0.191. The number of benzene rings is 3. The molecule has 2 N–H and O–H groups in total. The molecule has 38 heavy (non-hydrogen) atoms. The number of nitrogens with one attached hydrogen (secondary N) is 2. The maximum absolute atomic E-state index is 14.4. The Morgan fingerprint density at radius 1 is 0.895 bits per heavy atom. The number of hydrogen-bond donors (Lipinski definition) is 2. The Morgan fingerprint density at radius 3 is 2.37 bits per heavy atom. The van der Waals surface area contributed by atoms with Crippen LogP contribution in [0.15, 0.2) is 71.7 Å². The van der Waals surface area contributed by atoms with Crippen LogP contribution in [0, 0.1) is 25.5 Å². The number of aryl methyl sites for hydroxylation is 3. The summed E-state index contributed by atoms with van der Waals surface area (Å²) in [5, 5.41) is 5.62. The summed E-state index contributed by atoms with van der Waals surface area (Å²) in [4.78, 5) is 25.1. The van der Waals surface area contributed by atoms with Gasteiger partial charge < -0.3 is 24.7 Å². The smallest absolute Gasteiger partial charge is 0.323 e. The van der Waals surface area contributed by atoms with Crippen LogP contribution in [0.5, 0.6) is 17.2 Å². The molecule has 0 spiro atoms. The molecular formula is C29H27F2N3O4. The van der Waals surface area contributed by atoms with E-state index in [2.05, 4.69) is 10.6 Å². The van der Waals surface area contributed by atoms with Crippen LogP contribution < -0.4 is 25.7 Å². The molecule has 1 aromatic heterocycles. The molecule has 4 aromatic rings. The highest BCUT2D eigenvalue weighted by atomic mass is 19.1. The van der Waals surface area contributed by atoms with Crippen molar-refractivity contribution in [3.63, 3.8) is 0 Å². The Morgan fingerprint density at radius 2 is 1.66 bits per heavy atom. The number of carbonyl (C=O) groups is 1. The van der Waals surface area contributed by atoms with Crippen molar-refractivity contribution in [2.45, 2.75) is 20.8 Å². The van der Waals surface area contributed by atoms with E-state index in [1.54, 1.807) is 38.4 Å². The number of amides is 2. The summed E-state index contributed by atoms with van der Waals surface area (Å²) in [7, 11) is 1.58. The first kappa shape index (κ1) is 26.4. The van der Waals surface area contributed by atoms with Crippen molar-refractivity contribution in [2.24, 2.45) is 7.05 Å². The highest BCUT2D eigenvalue weighted by Gasteiger charge is 2.18. The Labute approximate surface area is 218 Å². The van der Waals surface area contributed by atoms with Crippen LogP contribution in [0.4, 0.5) is 25.0 Å². The van der Waals surface area contributed by atoms with Crippen LogP contribution in [0.25, 0.3) is 11.1 Å². The lowest BCUT2D eigenvalue weighted by Crippen LogP contribution is -2.20. The molecule has 1 heterocycles. The molecule has 0 saturated heterocycles. The molecule has 3 aromatic carbocycles. The van der Waals surface area contributed by atoms with E-state index >= 15 is 0 Å². The summed E-state index contributed by atoms with van der Waals surface area (Å²) >= 11 is 0. The molecule has 0 aliphatic heterocycles. The number of pyridine rings is 1. The van der Waals surface area contributed by atoms with Crippen molar-refractivity contribution >= 4 is 17.4 Å². The first-order valence-corrected chi connectivity index (χ1v) is 11.9. The van der Waals surface area contributed by atoms with E-state index in [9.17, 15) is 18.4 Å². The highest BCUT2D eigenvalue weighted by Crippen LogP contribution is 2.40. The van der Waals surface area contributed by atoms with E-state index in [0.29, 0.717) is 29.1 Å². The summed E-state index contributed by atoms with van der Waals surface area (Å²) in [6.45, 7) is 5.94. The molecule has 0 bridgehead atoms. The Bertz CT molecular complexity index is 1570. The van der Waals surface area contributed by atoms with Crippen LogP contribution in [-0.2, 0) is 7.05 Å². The van der Waals surface area contributed by atoms with Gasteiger partial charge in [0.15, 0.2) is 11.6 Å². The van der Waals surface area contributed by atoms with Gasteiger partial charge in [-0.1, -0.05) is 17.7 Å². The summed E-state index contributed by atoms with van der Waals surface area (Å²) < 4.78 is 40.7. The maximum Gasteiger partial charge on any atom is 0.323 e. The zero-order valence-corrected chi connectivity index (χ0v) is 21.4. The summed E-state index contributed by atoms with van der Waals surface area (Å²) in [6.07, 6.45) is 1.57. The van der Waals surface area contributed by atoms with Gasteiger partial charge in [-0.05, 0) is 62.7 Å². The Kier molecular flexibility index (Phi) is 7.76. The number of aromatic nitrogens is 1. The van der Waals surface area contributed by atoms with Crippen molar-refractivity contribution < 1.29 is 23.0 Å². The van der Waals surface area contributed by atoms with E-state index in [0.717, 1.165) is 23.3 Å². The van der Waals surface area contributed by atoms with E-state index < -0.39 is 17.7 Å². The molecule has 0 fully saturated rings. The van der Waals surface area contributed by atoms with Gasteiger partial charge in [0.1, 0.15) is 17.3 Å². The van der Waals surface area contributed by atoms with Gasteiger partial charge in [-0.3, -0.25) is 4.79 Å². The fraction of sp³-hybridized carbons (Fsp3) is 0.172. The van der Waals surface area contributed by atoms with Crippen LogP contribution >= 0.6 is 0 Å². The number of nitrogens with zero attached hydrogens (tertiary/aromatic N) is 1. The van der Waals surface area contributed by atoms with Gasteiger partial charge in [-0.25, -0.2) is 13.6 Å². The van der Waals surface area contributed by atoms with Gasteiger partial charge in [0.25, 0.3) is 5.56 Å². The average molecular weight is 520 g/mol. The van der Waals surface area contributed by atoms with E-state index in [4.69, 9.17) is 9.47 Å². The van der Waals surface area contributed by atoms with Crippen molar-refractivity contribution in [1.82, 2.24) is 4.57 Å². The van der Waals surface area contributed by atoms with Crippen molar-refractivity contribution in [1.29, 1.82) is 0 Å². The molecule has 0 radical (unpaired) electrons. The maximum atomic E-state index is 14.4. The van der Waals surface area contributed by atoms with Crippen molar-refractivity contribution in [3.8, 4) is 28.4 Å². The lowest BCUT2D eigenvalue weighted by Gasteiger charge is -2.17. The SMILES string of the molecule is CCOc1cc(=O)n(C)cc1-c1cc(NC(=O)Nc2ccc(C)cc2C)ccc1Oc1ccc(F)cc1F. The number of anilines is 2. The van der Waals surface area contributed by atoms with Gasteiger partial charge >= 0.3 is 6.03 Å². The van der Waals surface area contributed by atoms with Crippen LogP contribution in [0.3, 0.4) is 0 Å². The zero-order chi connectivity index (χ0) is 27.4. The minimum Gasteiger partial charge on any atom is -0.493 e. The topological polar surface area (TPSA) is 81.6 Å². The van der Waals surface area contributed by atoms with Gasteiger partial charge in [0.05, 0.1) is 6.61 Å². The molecule has 2 amide bonds. The number of urea groups is 1. The fourth-order valence-electron chi connectivity index (χ4n) is 3.91. The molecule has 0 aliphatic rings. The molecule has 7 nitrogen and oxygen atoms in total. The lowest BCUT2D eigenvalue weighted by molar-refractivity contribution is 0.262. The second kappa shape index (κ2) is 11.2. The number of ether oxygens (including phenoxy) is 2. The summed E-state index contributed by atoms with van der Waals surface area (Å²) in [5.41, 5.74) is 3.67. The summed E-state index contributed by atoms with van der Waals surface area (Å²) in [6, 6.07) is 14.3.